The van der Waals surface area contributed by atoms with Gasteiger partial charge in [0, 0.05) is 18.8 Å². The highest BCUT2D eigenvalue weighted by atomic mass is 35.5. The van der Waals surface area contributed by atoms with E-state index in [1.54, 1.807) is 0 Å². The minimum absolute atomic E-state index is 0.000995. The number of amides is 2. The molecule has 0 bridgehead atoms. The molecule has 2 aliphatic rings. The molecular weight excluding hydrogens is 659 g/mol. The lowest BCUT2D eigenvalue weighted by Crippen LogP contribution is -2.36. The van der Waals surface area contributed by atoms with Crippen molar-refractivity contribution in [1.29, 1.82) is 0 Å². The van der Waals surface area contributed by atoms with Crippen LogP contribution in [0.25, 0.3) is 0 Å². The normalized spacial score (nSPS) is 15.2. The van der Waals surface area contributed by atoms with Gasteiger partial charge in [-0.05, 0) is 54.2 Å². The molecular formula is C29H25Cl2F2N3O8S. The van der Waals surface area contributed by atoms with Crippen molar-refractivity contribution in [3.05, 3.63) is 81.1 Å². The number of aromatic nitrogens is 1. The van der Waals surface area contributed by atoms with E-state index >= 15 is 0 Å². The zero-order valence-electron chi connectivity index (χ0n) is 23.5. The molecule has 2 aromatic carbocycles. The molecule has 0 radical (unpaired) electrons. The summed E-state index contributed by atoms with van der Waals surface area (Å²) in [6.07, 6.45) is 4.18. The third-order valence-corrected chi connectivity index (χ3v) is 8.17. The molecule has 0 saturated heterocycles. The number of sulfonamides is 1. The summed E-state index contributed by atoms with van der Waals surface area (Å²) in [4.78, 5) is 44.2. The number of rotatable bonds is 13. The van der Waals surface area contributed by atoms with Crippen LogP contribution in [0.15, 0.2) is 48.8 Å². The number of halogens is 4. The summed E-state index contributed by atoms with van der Waals surface area (Å²) in [5.41, 5.74) is 0.229. The zero-order chi connectivity index (χ0) is 32.5. The number of hydrogen-bond acceptors (Lipinski definition) is 9. The fourth-order valence-electron chi connectivity index (χ4n) is 4.66. The highest BCUT2D eigenvalue weighted by Gasteiger charge is 2.39. The van der Waals surface area contributed by atoms with Crippen molar-refractivity contribution in [2.75, 3.05) is 24.1 Å². The van der Waals surface area contributed by atoms with Crippen LogP contribution in [-0.2, 0) is 26.0 Å². The molecule has 1 saturated carbocycles. The van der Waals surface area contributed by atoms with Gasteiger partial charge in [-0.25, -0.2) is 8.42 Å². The van der Waals surface area contributed by atoms with Crippen molar-refractivity contribution < 1.29 is 45.8 Å². The van der Waals surface area contributed by atoms with Crippen molar-refractivity contribution in [2.24, 2.45) is 5.92 Å². The Morgan fingerprint density at radius 1 is 1.09 bits per heavy atom. The maximum Gasteiger partial charge on any atom is 0.387 e. The first-order valence-electron chi connectivity index (χ1n) is 13.5. The molecule has 1 N–H and O–H groups in total. The highest BCUT2D eigenvalue weighted by molar-refractivity contribution is 7.92. The van der Waals surface area contributed by atoms with Crippen LogP contribution in [0.2, 0.25) is 10.0 Å². The number of imide groups is 1. The summed E-state index contributed by atoms with van der Waals surface area (Å²) in [6, 6.07) is 8.08. The predicted molar refractivity (Wildman–Crippen MR) is 158 cm³/mol. The molecule has 1 fully saturated rings. The topological polar surface area (TPSA) is 141 Å². The van der Waals surface area contributed by atoms with Gasteiger partial charge < -0.3 is 14.2 Å². The van der Waals surface area contributed by atoms with E-state index in [0.29, 0.717) is 16.0 Å². The maximum atomic E-state index is 13.3. The van der Waals surface area contributed by atoms with E-state index in [2.05, 4.69) is 14.4 Å². The Morgan fingerprint density at radius 3 is 2.44 bits per heavy atom. The number of hydrogen-bond donors (Lipinski definition) is 1. The Bertz CT molecular complexity index is 1750. The molecule has 1 aliphatic heterocycles. The maximum absolute atomic E-state index is 13.3. The fourth-order valence-corrected chi connectivity index (χ4v) is 5.74. The Labute approximate surface area is 266 Å². The molecule has 1 aromatic heterocycles. The molecule has 16 heteroatoms. The summed E-state index contributed by atoms with van der Waals surface area (Å²) in [5, 5.41) is 0.329. The van der Waals surface area contributed by atoms with E-state index in [9.17, 15) is 31.6 Å². The molecule has 238 valence electrons. The Kier molecular flexibility index (Phi) is 9.46. The van der Waals surface area contributed by atoms with E-state index in [4.69, 9.17) is 32.7 Å². The smallest absolute Gasteiger partial charge is 0.387 e. The van der Waals surface area contributed by atoms with Crippen LogP contribution in [-0.4, -0.2) is 62.1 Å². The van der Waals surface area contributed by atoms with E-state index < -0.39 is 47.1 Å². The van der Waals surface area contributed by atoms with Gasteiger partial charge in [0.25, 0.3) is 11.8 Å². The number of nitrogens with one attached hydrogen (secondary N) is 1. The number of carbonyl (C=O) groups is 3. The number of anilines is 1. The van der Waals surface area contributed by atoms with Gasteiger partial charge >= 0.3 is 12.6 Å². The number of benzene rings is 2. The molecule has 45 heavy (non-hydrogen) atoms. The van der Waals surface area contributed by atoms with Gasteiger partial charge in [-0.2, -0.15) is 8.78 Å². The number of ether oxygens (including phenoxy) is 3. The molecule has 11 nitrogen and oxygen atoms in total. The molecule has 1 atom stereocenters. The summed E-state index contributed by atoms with van der Waals surface area (Å²) >= 11 is 12.7. The second kappa shape index (κ2) is 13.2. The van der Waals surface area contributed by atoms with Crippen molar-refractivity contribution in [3.63, 3.8) is 0 Å². The molecule has 3 aromatic rings. The van der Waals surface area contributed by atoms with Gasteiger partial charge in [-0.3, -0.25) is 29.0 Å². The van der Waals surface area contributed by atoms with Crippen LogP contribution in [0.3, 0.4) is 0 Å². The first kappa shape index (κ1) is 32.4. The van der Waals surface area contributed by atoms with E-state index in [1.165, 1.54) is 48.8 Å². The first-order valence-corrected chi connectivity index (χ1v) is 16.1. The van der Waals surface area contributed by atoms with Gasteiger partial charge in [0.1, 0.15) is 12.6 Å². The van der Waals surface area contributed by atoms with Crippen LogP contribution in [0.1, 0.15) is 50.8 Å². The number of carbonyl (C=O) groups excluding carboxylic acids is 3. The van der Waals surface area contributed by atoms with E-state index in [1.807, 2.05) is 0 Å². The third-order valence-electron chi connectivity index (χ3n) is 6.92. The Hall–Kier alpha value is -4.01. The predicted octanol–water partition coefficient (Wildman–Crippen LogP) is 5.27. The van der Waals surface area contributed by atoms with Gasteiger partial charge in [-0.15, -0.1) is 0 Å². The lowest BCUT2D eigenvalue weighted by molar-refractivity contribution is -0.149. The van der Waals surface area contributed by atoms with Crippen molar-refractivity contribution >= 4 is 56.7 Å². The van der Waals surface area contributed by atoms with Crippen LogP contribution < -0.4 is 14.2 Å². The summed E-state index contributed by atoms with van der Waals surface area (Å²) in [6.45, 7) is -3.67. The largest absolute Gasteiger partial charge is 0.489 e. The van der Waals surface area contributed by atoms with Gasteiger partial charge in [0.15, 0.2) is 11.5 Å². The minimum atomic E-state index is -3.79. The lowest BCUT2D eigenvalue weighted by Gasteiger charge is -2.22. The van der Waals surface area contributed by atoms with Crippen LogP contribution >= 0.6 is 23.2 Å². The molecule has 2 amide bonds. The van der Waals surface area contributed by atoms with Gasteiger partial charge in [0.2, 0.25) is 10.0 Å². The first-order chi connectivity index (χ1) is 21.3. The summed E-state index contributed by atoms with van der Waals surface area (Å²) in [7, 11) is -3.79. The SMILES string of the molecule is CS(=O)(=O)Nc1cccc2c1C(=O)N(CC(=O)O[C@@H](Cc1c(Cl)cncc1Cl)c1ccc(OC(F)F)c(OCC3CC3)c1)C2=O. The second-order valence-electron chi connectivity index (χ2n) is 10.4. The molecule has 0 unspecified atom stereocenters. The van der Waals surface area contributed by atoms with Crippen molar-refractivity contribution in [2.45, 2.75) is 32.0 Å². The number of pyridine rings is 1. The number of fused-ring (bicyclic) bond motifs is 1. The Balaban J connectivity index is 1.43. The second-order valence-corrected chi connectivity index (χ2v) is 13.0. The van der Waals surface area contributed by atoms with Crippen molar-refractivity contribution in [3.8, 4) is 11.5 Å². The fraction of sp³-hybridized carbons (Fsp3) is 0.310. The van der Waals surface area contributed by atoms with Crippen LogP contribution in [0, 0.1) is 5.92 Å². The average molecular weight is 685 g/mol. The summed E-state index contributed by atoms with van der Waals surface area (Å²) < 4.78 is 68.1. The zero-order valence-corrected chi connectivity index (χ0v) is 25.8. The number of alkyl halides is 2. The quantitative estimate of drug-likeness (QED) is 0.188. The average Bonchev–Trinajstić information content (AvgIpc) is 3.76. The third kappa shape index (κ3) is 7.81. The van der Waals surface area contributed by atoms with Crippen LogP contribution in [0.5, 0.6) is 11.5 Å². The molecule has 2 heterocycles. The van der Waals surface area contributed by atoms with E-state index in [-0.39, 0.29) is 57.3 Å². The number of nitrogens with zero attached hydrogens (tertiary/aromatic N) is 2. The monoisotopic (exact) mass is 683 g/mol. The van der Waals surface area contributed by atoms with Gasteiger partial charge in [-0.1, -0.05) is 35.3 Å². The molecule has 0 spiro atoms. The van der Waals surface area contributed by atoms with Crippen molar-refractivity contribution in [1.82, 2.24) is 9.88 Å². The lowest BCUT2D eigenvalue weighted by atomic mass is 10.0. The Morgan fingerprint density at radius 2 is 1.80 bits per heavy atom. The molecule has 5 rings (SSSR count). The summed E-state index contributed by atoms with van der Waals surface area (Å²) in [5.74, 6) is -2.68. The number of esters is 1. The minimum Gasteiger partial charge on any atom is -0.489 e. The molecule has 1 aliphatic carbocycles. The van der Waals surface area contributed by atoms with Crippen LogP contribution in [0.4, 0.5) is 14.5 Å². The van der Waals surface area contributed by atoms with E-state index in [0.717, 1.165) is 19.1 Å². The van der Waals surface area contributed by atoms with Gasteiger partial charge in [0.05, 0.1) is 39.7 Å². The standard InChI is InChI=1S/C29H25Cl2F2N3O8S/c1-45(40,41)35-21-4-2-3-17-26(21)28(39)36(27(17)38)13-25(37)43-23(10-18-19(30)11-34-12-20(18)31)16-7-8-22(44-29(32)33)24(9-16)42-14-15-5-6-15/h2-4,7-9,11-12,15,23,29,35H,5-6,10,13-14H2,1H3/t23-/m0/s1. The highest BCUT2D eigenvalue weighted by Crippen LogP contribution is 2.38.